The molecule has 0 radical (unpaired) electrons. The van der Waals surface area contributed by atoms with Crippen molar-refractivity contribution in [2.75, 3.05) is 23.3 Å². The van der Waals surface area contributed by atoms with E-state index in [1.807, 2.05) is 10.6 Å². The highest BCUT2D eigenvalue weighted by atomic mass is 16.1. The van der Waals surface area contributed by atoms with Gasteiger partial charge in [-0.05, 0) is 42.9 Å². The molecule has 2 aliphatic heterocycles. The fourth-order valence-corrected chi connectivity index (χ4v) is 5.16. The minimum absolute atomic E-state index is 0.0979. The van der Waals surface area contributed by atoms with Crippen LogP contribution >= 0.6 is 0 Å². The Morgan fingerprint density at radius 3 is 2.91 bits per heavy atom. The molecule has 0 saturated carbocycles. The van der Waals surface area contributed by atoms with Crippen LogP contribution in [0.1, 0.15) is 25.3 Å². The molecule has 6 rings (SSSR count). The van der Waals surface area contributed by atoms with E-state index in [0.29, 0.717) is 30.7 Å². The van der Waals surface area contributed by atoms with Gasteiger partial charge in [-0.3, -0.25) is 9.36 Å². The normalized spacial score (nSPS) is 17.1. The van der Waals surface area contributed by atoms with Gasteiger partial charge in [-0.25, -0.2) is 9.67 Å². The molecular formula is C27H27N7O. The molecule has 1 saturated heterocycles. The smallest absolute Gasteiger partial charge is 0.293 e. The third-order valence-electron chi connectivity index (χ3n) is 6.77. The summed E-state index contributed by atoms with van der Waals surface area (Å²) >= 11 is 0. The van der Waals surface area contributed by atoms with E-state index < -0.39 is 0 Å². The first-order chi connectivity index (χ1) is 17.1. The highest BCUT2D eigenvalue weighted by Gasteiger charge is 2.24. The van der Waals surface area contributed by atoms with Gasteiger partial charge in [0, 0.05) is 35.9 Å². The number of nitrogens with two attached hydrogens (primary N) is 1. The number of anilines is 2. The van der Waals surface area contributed by atoms with Crippen LogP contribution in [-0.2, 0) is 13.1 Å². The lowest BCUT2D eigenvalue weighted by atomic mass is 9.99. The van der Waals surface area contributed by atoms with E-state index in [0.717, 1.165) is 42.3 Å². The van der Waals surface area contributed by atoms with Crippen molar-refractivity contribution in [2.45, 2.75) is 38.9 Å². The van der Waals surface area contributed by atoms with Gasteiger partial charge in [0.05, 0.1) is 19.3 Å². The Kier molecular flexibility index (Phi) is 5.27. The SMILES string of the molecule is CC#CCn1c(N2CCCC(N)C2)nc2cnn(CC3=Cc4cccc5cccc(c45)N3)c(=O)c21. The summed E-state index contributed by atoms with van der Waals surface area (Å²) in [6.45, 7) is 4.10. The average Bonchev–Trinajstić information content (AvgIpc) is 3.24. The minimum Gasteiger partial charge on any atom is -0.357 e. The van der Waals surface area contributed by atoms with E-state index in [1.165, 1.54) is 15.5 Å². The van der Waals surface area contributed by atoms with E-state index in [9.17, 15) is 4.79 Å². The van der Waals surface area contributed by atoms with Crippen molar-refractivity contribution in [3.63, 3.8) is 0 Å². The first-order valence-corrected chi connectivity index (χ1v) is 12.0. The summed E-state index contributed by atoms with van der Waals surface area (Å²) in [7, 11) is 0. The Bertz CT molecular complexity index is 1600. The second-order valence-corrected chi connectivity index (χ2v) is 9.16. The van der Waals surface area contributed by atoms with Crippen LogP contribution in [0.2, 0.25) is 0 Å². The first-order valence-electron chi connectivity index (χ1n) is 12.0. The summed E-state index contributed by atoms with van der Waals surface area (Å²) in [6, 6.07) is 12.6. The number of allylic oxidation sites excluding steroid dienone is 1. The molecule has 1 atom stereocenters. The van der Waals surface area contributed by atoms with Gasteiger partial charge in [-0.15, -0.1) is 5.92 Å². The van der Waals surface area contributed by atoms with Crippen molar-refractivity contribution in [1.29, 1.82) is 0 Å². The third-order valence-corrected chi connectivity index (χ3v) is 6.77. The van der Waals surface area contributed by atoms with Crippen molar-refractivity contribution in [3.8, 4) is 11.8 Å². The second kappa shape index (κ2) is 8.60. The minimum atomic E-state index is -0.180. The maximum absolute atomic E-state index is 13.7. The van der Waals surface area contributed by atoms with Crippen LogP contribution in [0, 0.1) is 11.8 Å². The topological polar surface area (TPSA) is 94.0 Å². The van der Waals surface area contributed by atoms with Crippen molar-refractivity contribution in [2.24, 2.45) is 5.73 Å². The quantitative estimate of drug-likeness (QED) is 0.450. The van der Waals surface area contributed by atoms with Gasteiger partial charge in [0.15, 0.2) is 0 Å². The van der Waals surface area contributed by atoms with Crippen molar-refractivity contribution < 1.29 is 0 Å². The Morgan fingerprint density at radius 2 is 2.09 bits per heavy atom. The maximum atomic E-state index is 13.7. The molecule has 35 heavy (non-hydrogen) atoms. The molecule has 1 unspecified atom stereocenters. The molecule has 176 valence electrons. The molecule has 4 aromatic rings. The number of fused-ring (bicyclic) bond motifs is 1. The van der Waals surface area contributed by atoms with Crippen LogP contribution in [0.15, 0.2) is 53.1 Å². The van der Waals surface area contributed by atoms with Crippen molar-refractivity contribution >= 4 is 39.5 Å². The van der Waals surface area contributed by atoms with E-state index in [1.54, 1.807) is 13.1 Å². The van der Waals surface area contributed by atoms with Crippen LogP contribution in [0.25, 0.3) is 27.9 Å². The molecule has 0 bridgehead atoms. The molecule has 0 spiro atoms. The second-order valence-electron chi connectivity index (χ2n) is 9.16. The molecule has 8 nitrogen and oxygen atoms in total. The van der Waals surface area contributed by atoms with E-state index >= 15 is 0 Å². The van der Waals surface area contributed by atoms with Crippen LogP contribution in [-0.4, -0.2) is 38.5 Å². The predicted octanol–water partition coefficient (Wildman–Crippen LogP) is 3.16. The zero-order valence-electron chi connectivity index (χ0n) is 19.7. The highest BCUT2D eigenvalue weighted by molar-refractivity contribution is 6.03. The largest absolute Gasteiger partial charge is 0.357 e. The van der Waals surface area contributed by atoms with E-state index in [4.69, 9.17) is 10.7 Å². The van der Waals surface area contributed by atoms with Gasteiger partial charge in [-0.1, -0.05) is 36.3 Å². The lowest BCUT2D eigenvalue weighted by Gasteiger charge is -2.31. The summed E-state index contributed by atoms with van der Waals surface area (Å²) in [5.74, 6) is 6.79. The highest BCUT2D eigenvalue weighted by Crippen LogP contribution is 2.33. The molecule has 2 aliphatic rings. The zero-order valence-corrected chi connectivity index (χ0v) is 19.7. The fourth-order valence-electron chi connectivity index (χ4n) is 5.16. The summed E-state index contributed by atoms with van der Waals surface area (Å²) in [5.41, 5.74) is 10.2. The van der Waals surface area contributed by atoms with Gasteiger partial charge in [0.1, 0.15) is 11.0 Å². The number of hydrogen-bond acceptors (Lipinski definition) is 6. The number of benzene rings is 2. The number of hydrogen-bond donors (Lipinski definition) is 2. The molecule has 2 aromatic heterocycles. The molecule has 0 amide bonds. The van der Waals surface area contributed by atoms with Gasteiger partial charge in [0.25, 0.3) is 5.56 Å². The lowest BCUT2D eigenvalue weighted by Crippen LogP contribution is -2.44. The Hall–Kier alpha value is -4.09. The molecule has 0 aliphatic carbocycles. The van der Waals surface area contributed by atoms with Crippen LogP contribution in [0.4, 0.5) is 11.6 Å². The summed E-state index contributed by atoms with van der Waals surface area (Å²) in [5, 5.41) is 10.3. The zero-order chi connectivity index (χ0) is 23.9. The summed E-state index contributed by atoms with van der Waals surface area (Å²) < 4.78 is 3.42. The monoisotopic (exact) mass is 465 g/mol. The van der Waals surface area contributed by atoms with Gasteiger partial charge < -0.3 is 16.0 Å². The first kappa shape index (κ1) is 21.4. The predicted molar refractivity (Wildman–Crippen MR) is 140 cm³/mol. The molecule has 3 N–H and O–H groups in total. The van der Waals surface area contributed by atoms with Crippen LogP contribution in [0.5, 0.6) is 0 Å². The number of aromatic nitrogens is 4. The summed E-state index contributed by atoms with van der Waals surface area (Å²) in [4.78, 5) is 20.6. The number of imidazole rings is 1. The number of rotatable bonds is 4. The molecule has 1 fully saturated rings. The van der Waals surface area contributed by atoms with E-state index in [-0.39, 0.29) is 11.6 Å². The van der Waals surface area contributed by atoms with Gasteiger partial charge in [-0.2, -0.15) is 5.10 Å². The lowest BCUT2D eigenvalue weighted by molar-refractivity contribution is 0.496. The van der Waals surface area contributed by atoms with Crippen molar-refractivity contribution in [1.82, 2.24) is 19.3 Å². The van der Waals surface area contributed by atoms with Crippen molar-refractivity contribution in [3.05, 3.63) is 64.2 Å². The molecular weight excluding hydrogens is 438 g/mol. The van der Waals surface area contributed by atoms with Gasteiger partial charge >= 0.3 is 0 Å². The average molecular weight is 466 g/mol. The van der Waals surface area contributed by atoms with E-state index in [2.05, 4.69) is 63.6 Å². The number of piperidine rings is 1. The molecule has 8 heteroatoms. The Balaban J connectivity index is 1.41. The third kappa shape index (κ3) is 3.74. The maximum Gasteiger partial charge on any atom is 0.293 e. The number of nitrogens with zero attached hydrogens (tertiary/aromatic N) is 5. The molecule has 2 aromatic carbocycles. The molecule has 4 heterocycles. The summed E-state index contributed by atoms with van der Waals surface area (Å²) in [6.07, 6.45) is 5.77. The fraction of sp³-hybridized carbons (Fsp3) is 0.296. The Morgan fingerprint density at radius 1 is 1.23 bits per heavy atom. The number of nitrogens with one attached hydrogen (secondary N) is 1. The van der Waals surface area contributed by atoms with Crippen LogP contribution in [0.3, 0.4) is 0 Å². The van der Waals surface area contributed by atoms with Gasteiger partial charge in [0.2, 0.25) is 5.95 Å². The Labute approximate surface area is 203 Å². The standard InChI is InChI=1S/C27H27N7O/c1-2-3-13-33-25-23(31-27(33)32-12-6-10-20(28)16-32)15-29-34(26(25)35)17-21-14-19-9-4-7-18-8-5-11-22(30-21)24(18)19/h4-5,7-9,11,14-15,20,30H,6,10,12-13,16-17,28H2,1H3. The van der Waals surface area contributed by atoms with Crippen LogP contribution < -0.4 is 21.5 Å².